The van der Waals surface area contributed by atoms with Crippen LogP contribution in [-0.4, -0.2) is 35.5 Å². The summed E-state index contributed by atoms with van der Waals surface area (Å²) < 4.78 is 1.70. The number of aryl methyl sites for hydroxylation is 1. The van der Waals surface area contributed by atoms with Crippen LogP contribution in [0.1, 0.15) is 16.1 Å². The van der Waals surface area contributed by atoms with Crippen LogP contribution < -0.4 is 5.32 Å². The van der Waals surface area contributed by atoms with Gasteiger partial charge in [0, 0.05) is 35.1 Å². The highest BCUT2D eigenvalue weighted by Crippen LogP contribution is 2.22. The van der Waals surface area contributed by atoms with E-state index in [1.165, 1.54) is 17.7 Å². The fourth-order valence-electron chi connectivity index (χ4n) is 2.29. The van der Waals surface area contributed by atoms with E-state index in [1.807, 2.05) is 18.5 Å². The van der Waals surface area contributed by atoms with Crippen molar-refractivity contribution >= 4 is 28.0 Å². The number of fused-ring (bicyclic) bond motifs is 1. The molecule has 24 heavy (non-hydrogen) atoms. The van der Waals surface area contributed by atoms with Crippen molar-refractivity contribution in [2.45, 2.75) is 6.92 Å². The van der Waals surface area contributed by atoms with Crippen LogP contribution in [0.2, 0.25) is 0 Å². The third-order valence-electron chi connectivity index (χ3n) is 3.37. The summed E-state index contributed by atoms with van der Waals surface area (Å²) >= 11 is 1.37. The van der Waals surface area contributed by atoms with Gasteiger partial charge in [0.2, 0.25) is 0 Å². The molecule has 1 amide bonds. The van der Waals surface area contributed by atoms with Crippen molar-refractivity contribution < 1.29 is 4.79 Å². The number of nitrogens with one attached hydrogen (secondary N) is 1. The van der Waals surface area contributed by atoms with Gasteiger partial charge in [-0.1, -0.05) is 0 Å². The minimum Gasteiger partial charge on any atom is -0.298 e. The lowest BCUT2D eigenvalue weighted by molar-refractivity contribution is 0.102. The van der Waals surface area contributed by atoms with E-state index in [4.69, 9.17) is 0 Å². The highest BCUT2D eigenvalue weighted by atomic mass is 32.1. The van der Waals surface area contributed by atoms with Crippen LogP contribution >= 0.6 is 11.3 Å². The molecule has 0 unspecified atom stereocenters. The van der Waals surface area contributed by atoms with Crippen molar-refractivity contribution in [3.8, 4) is 11.1 Å². The van der Waals surface area contributed by atoms with Gasteiger partial charge in [-0.2, -0.15) is 0 Å². The molecule has 0 fully saturated rings. The van der Waals surface area contributed by atoms with Crippen LogP contribution in [0.25, 0.3) is 16.8 Å². The second-order valence-corrected chi connectivity index (χ2v) is 5.94. The van der Waals surface area contributed by atoms with E-state index in [2.05, 4.69) is 30.5 Å². The monoisotopic (exact) mass is 337 g/mol. The van der Waals surface area contributed by atoms with Crippen molar-refractivity contribution in [3.05, 3.63) is 53.9 Å². The van der Waals surface area contributed by atoms with Gasteiger partial charge in [-0.05, 0) is 13.0 Å². The van der Waals surface area contributed by atoms with Crippen LogP contribution in [0.5, 0.6) is 0 Å². The van der Waals surface area contributed by atoms with Crippen LogP contribution in [0.3, 0.4) is 0 Å². The molecular formula is C15H11N7OS. The zero-order valence-electron chi connectivity index (χ0n) is 12.5. The highest BCUT2D eigenvalue weighted by molar-refractivity contribution is 7.13. The Morgan fingerprint density at radius 2 is 2.08 bits per heavy atom. The lowest BCUT2D eigenvalue weighted by Crippen LogP contribution is -2.13. The fourth-order valence-corrected chi connectivity index (χ4v) is 2.97. The largest absolute Gasteiger partial charge is 0.298 e. The number of carbonyl (C=O) groups is 1. The van der Waals surface area contributed by atoms with Gasteiger partial charge in [0.05, 0.1) is 11.3 Å². The van der Waals surface area contributed by atoms with Gasteiger partial charge in [-0.15, -0.1) is 21.5 Å². The first kappa shape index (κ1) is 14.4. The third kappa shape index (κ3) is 2.61. The summed E-state index contributed by atoms with van der Waals surface area (Å²) in [7, 11) is 0. The number of anilines is 1. The Hall–Kier alpha value is -3.20. The number of aromatic nitrogens is 6. The van der Waals surface area contributed by atoms with E-state index < -0.39 is 0 Å². The summed E-state index contributed by atoms with van der Waals surface area (Å²) in [6.45, 7) is 1.87. The SMILES string of the molecule is Cc1csc(NC(=O)c2cc(-c3cncnc3)cn3cnnc23)n1. The lowest BCUT2D eigenvalue weighted by Gasteiger charge is -2.07. The summed E-state index contributed by atoms with van der Waals surface area (Å²) in [5.41, 5.74) is 3.33. The van der Waals surface area contributed by atoms with Crippen LogP contribution in [0, 0.1) is 6.92 Å². The van der Waals surface area contributed by atoms with E-state index in [9.17, 15) is 4.79 Å². The van der Waals surface area contributed by atoms with E-state index in [0.717, 1.165) is 16.8 Å². The van der Waals surface area contributed by atoms with Crippen molar-refractivity contribution in [1.29, 1.82) is 0 Å². The minimum absolute atomic E-state index is 0.291. The first-order valence-electron chi connectivity index (χ1n) is 7.03. The molecule has 4 aromatic heterocycles. The van der Waals surface area contributed by atoms with Crippen molar-refractivity contribution in [3.63, 3.8) is 0 Å². The maximum absolute atomic E-state index is 12.7. The molecule has 4 rings (SSSR count). The molecule has 0 atom stereocenters. The van der Waals surface area contributed by atoms with Crippen LogP contribution in [-0.2, 0) is 0 Å². The first-order valence-corrected chi connectivity index (χ1v) is 7.91. The Balaban J connectivity index is 1.78. The first-order chi connectivity index (χ1) is 11.7. The summed E-state index contributed by atoms with van der Waals surface area (Å²) in [5.74, 6) is -0.291. The number of amides is 1. The maximum atomic E-state index is 12.7. The molecule has 0 aliphatic heterocycles. The molecule has 118 valence electrons. The standard InChI is InChI=1S/C15H11N7OS/c1-9-6-24-15(19-9)20-14(23)12-2-10(11-3-16-7-17-4-11)5-22-8-18-21-13(12)22/h2-8H,1H3,(H,19,20,23). The quantitative estimate of drug-likeness (QED) is 0.615. The lowest BCUT2D eigenvalue weighted by atomic mass is 10.1. The number of nitrogens with zero attached hydrogens (tertiary/aromatic N) is 6. The number of pyridine rings is 1. The Bertz CT molecular complexity index is 1020. The van der Waals surface area contributed by atoms with Crippen molar-refractivity contribution in [2.75, 3.05) is 5.32 Å². The molecule has 0 aromatic carbocycles. The van der Waals surface area contributed by atoms with E-state index in [1.54, 1.807) is 29.2 Å². The number of thiazole rings is 1. The maximum Gasteiger partial charge on any atom is 0.261 e. The van der Waals surface area contributed by atoms with E-state index in [0.29, 0.717) is 16.3 Å². The van der Waals surface area contributed by atoms with Gasteiger partial charge >= 0.3 is 0 Å². The molecule has 1 N–H and O–H groups in total. The minimum atomic E-state index is -0.291. The topological polar surface area (TPSA) is 98.0 Å². The molecule has 0 radical (unpaired) electrons. The molecule has 4 heterocycles. The normalized spacial score (nSPS) is 10.9. The molecule has 0 saturated heterocycles. The zero-order valence-corrected chi connectivity index (χ0v) is 13.4. The Labute approximate surface area is 140 Å². The molecule has 0 aliphatic rings. The summed E-state index contributed by atoms with van der Waals surface area (Å²) in [4.78, 5) is 24.9. The van der Waals surface area contributed by atoms with Gasteiger partial charge in [-0.3, -0.25) is 14.5 Å². The molecule has 9 heteroatoms. The number of hydrogen-bond donors (Lipinski definition) is 1. The fraction of sp³-hybridized carbons (Fsp3) is 0.0667. The average Bonchev–Trinajstić information content (AvgIpc) is 3.23. The Morgan fingerprint density at radius 1 is 1.25 bits per heavy atom. The summed E-state index contributed by atoms with van der Waals surface area (Å²) in [6.07, 6.45) is 8.21. The van der Waals surface area contributed by atoms with Gasteiger partial charge in [0.25, 0.3) is 5.91 Å². The molecular weight excluding hydrogens is 326 g/mol. The smallest absolute Gasteiger partial charge is 0.261 e. The molecule has 0 saturated carbocycles. The number of hydrogen-bond acceptors (Lipinski definition) is 7. The van der Waals surface area contributed by atoms with E-state index >= 15 is 0 Å². The predicted molar refractivity (Wildman–Crippen MR) is 88.8 cm³/mol. The van der Waals surface area contributed by atoms with Crippen LogP contribution in [0.4, 0.5) is 5.13 Å². The summed E-state index contributed by atoms with van der Waals surface area (Å²) in [5, 5.41) is 13.1. The molecule has 0 bridgehead atoms. The average molecular weight is 337 g/mol. The summed E-state index contributed by atoms with van der Waals surface area (Å²) in [6, 6.07) is 1.75. The van der Waals surface area contributed by atoms with Gasteiger partial charge in [0.15, 0.2) is 10.8 Å². The highest BCUT2D eigenvalue weighted by Gasteiger charge is 2.16. The van der Waals surface area contributed by atoms with Gasteiger partial charge in [0.1, 0.15) is 12.7 Å². The second kappa shape index (κ2) is 5.78. The van der Waals surface area contributed by atoms with Gasteiger partial charge < -0.3 is 0 Å². The molecule has 0 aliphatic carbocycles. The number of carbonyl (C=O) groups excluding carboxylic acids is 1. The van der Waals surface area contributed by atoms with Gasteiger partial charge in [-0.25, -0.2) is 15.0 Å². The Morgan fingerprint density at radius 3 is 2.83 bits per heavy atom. The van der Waals surface area contributed by atoms with Crippen molar-refractivity contribution in [1.82, 2.24) is 29.5 Å². The third-order valence-corrected chi connectivity index (χ3v) is 4.25. The predicted octanol–water partition coefficient (Wildman–Crippen LogP) is 2.20. The molecule has 0 spiro atoms. The molecule has 8 nitrogen and oxygen atoms in total. The number of rotatable bonds is 3. The van der Waals surface area contributed by atoms with Crippen LogP contribution in [0.15, 0.2) is 42.7 Å². The zero-order chi connectivity index (χ0) is 16.5. The van der Waals surface area contributed by atoms with E-state index in [-0.39, 0.29) is 5.91 Å². The molecule has 4 aromatic rings. The second-order valence-electron chi connectivity index (χ2n) is 5.08. The van der Waals surface area contributed by atoms with Crippen molar-refractivity contribution in [2.24, 2.45) is 0 Å². The Kier molecular flexibility index (Phi) is 3.47.